The number of nitriles is 1. The minimum atomic E-state index is 0.248. The number of aromatic nitrogens is 3. The van der Waals surface area contributed by atoms with E-state index in [0.717, 1.165) is 5.56 Å². The number of rotatable bonds is 2. The molecule has 0 radical (unpaired) electrons. The lowest BCUT2D eigenvalue weighted by atomic mass is 10.2. The van der Waals surface area contributed by atoms with Gasteiger partial charge in [0.25, 0.3) is 0 Å². The van der Waals surface area contributed by atoms with Gasteiger partial charge in [0, 0.05) is 5.02 Å². The lowest BCUT2D eigenvalue weighted by Gasteiger charge is -2.07. The molecule has 0 saturated heterocycles. The van der Waals surface area contributed by atoms with Gasteiger partial charge in [0.15, 0.2) is 0 Å². The first kappa shape index (κ1) is 13.2. The molecular weight excluding hydrogens is 288 g/mol. The Morgan fingerprint density at radius 2 is 1.90 bits per heavy atom. The minimum Gasteiger partial charge on any atom is -0.384 e. The van der Waals surface area contributed by atoms with E-state index in [1.807, 2.05) is 12.1 Å². The highest BCUT2D eigenvalue weighted by molar-refractivity contribution is 6.30. The van der Waals surface area contributed by atoms with Gasteiger partial charge in [-0.05, 0) is 17.7 Å². The Balaban J connectivity index is 2.19. The zero-order valence-corrected chi connectivity index (χ0v) is 11.7. The molecule has 104 valence electrons. The van der Waals surface area contributed by atoms with Crippen molar-refractivity contribution < 1.29 is 0 Å². The third kappa shape index (κ3) is 2.14. The fraction of sp³-hybridized carbons (Fsp3) is 0.0714. The number of nitrogens with zero attached hydrogens (tertiary/aromatic N) is 4. The van der Waals surface area contributed by atoms with E-state index >= 15 is 0 Å². The molecule has 3 rings (SSSR count). The molecule has 0 spiro atoms. The molecule has 2 heterocycles. The molecule has 6 nitrogen and oxygen atoms in total. The summed E-state index contributed by atoms with van der Waals surface area (Å²) in [6.07, 6.45) is 1.36. The molecule has 0 aliphatic rings. The number of halogens is 1. The second-order valence-corrected chi connectivity index (χ2v) is 4.98. The van der Waals surface area contributed by atoms with Gasteiger partial charge in [-0.15, -0.1) is 0 Å². The van der Waals surface area contributed by atoms with Gasteiger partial charge >= 0.3 is 0 Å². The van der Waals surface area contributed by atoms with Crippen LogP contribution in [0.5, 0.6) is 0 Å². The Hall–Kier alpha value is -2.78. The first-order valence-corrected chi connectivity index (χ1v) is 6.52. The fourth-order valence-electron chi connectivity index (χ4n) is 2.26. The van der Waals surface area contributed by atoms with Gasteiger partial charge in [-0.25, -0.2) is 9.97 Å². The van der Waals surface area contributed by atoms with Crippen molar-refractivity contribution in [1.29, 1.82) is 5.26 Å². The predicted molar refractivity (Wildman–Crippen MR) is 81.6 cm³/mol. The molecule has 0 aliphatic heterocycles. The number of hydrogen-bond donors (Lipinski definition) is 2. The molecule has 0 amide bonds. The minimum absolute atomic E-state index is 0.248. The van der Waals surface area contributed by atoms with Crippen LogP contribution in [0.1, 0.15) is 11.1 Å². The summed E-state index contributed by atoms with van der Waals surface area (Å²) < 4.78 is 1.75. The second kappa shape index (κ2) is 4.96. The maximum absolute atomic E-state index is 9.28. The van der Waals surface area contributed by atoms with E-state index in [0.29, 0.717) is 34.0 Å². The van der Waals surface area contributed by atoms with Gasteiger partial charge in [0.05, 0.1) is 11.9 Å². The maximum atomic E-state index is 9.28. The summed E-state index contributed by atoms with van der Waals surface area (Å²) in [6.45, 7) is 0.470. The quantitative estimate of drug-likeness (QED) is 0.754. The highest BCUT2D eigenvalue weighted by Crippen LogP contribution is 2.30. The van der Waals surface area contributed by atoms with Gasteiger partial charge < -0.3 is 16.0 Å². The van der Waals surface area contributed by atoms with Crippen LogP contribution < -0.4 is 11.5 Å². The van der Waals surface area contributed by atoms with Crippen LogP contribution in [0.4, 0.5) is 11.6 Å². The van der Waals surface area contributed by atoms with Gasteiger partial charge in [0.2, 0.25) is 0 Å². The average molecular weight is 299 g/mol. The van der Waals surface area contributed by atoms with Crippen molar-refractivity contribution in [3.8, 4) is 6.07 Å². The molecule has 0 aliphatic carbocycles. The van der Waals surface area contributed by atoms with Crippen molar-refractivity contribution in [3.05, 3.63) is 46.7 Å². The van der Waals surface area contributed by atoms with Crippen molar-refractivity contribution in [3.63, 3.8) is 0 Å². The average Bonchev–Trinajstić information content (AvgIpc) is 2.75. The second-order valence-electron chi connectivity index (χ2n) is 4.54. The molecule has 0 bridgehead atoms. The number of nitrogens with two attached hydrogens (primary N) is 2. The molecule has 0 saturated carbocycles. The van der Waals surface area contributed by atoms with E-state index in [1.165, 1.54) is 6.33 Å². The molecule has 4 N–H and O–H groups in total. The van der Waals surface area contributed by atoms with Crippen molar-refractivity contribution >= 4 is 34.3 Å². The van der Waals surface area contributed by atoms with Crippen molar-refractivity contribution in [1.82, 2.24) is 14.5 Å². The zero-order chi connectivity index (χ0) is 15.0. The molecular formula is C14H11ClN6. The Morgan fingerprint density at radius 1 is 1.19 bits per heavy atom. The highest BCUT2D eigenvalue weighted by atomic mass is 35.5. The van der Waals surface area contributed by atoms with E-state index in [2.05, 4.69) is 16.0 Å². The molecule has 21 heavy (non-hydrogen) atoms. The summed E-state index contributed by atoms with van der Waals surface area (Å²) in [5.41, 5.74) is 13.7. The predicted octanol–water partition coefficient (Wildman–Crippen LogP) is 2.17. The van der Waals surface area contributed by atoms with E-state index in [1.54, 1.807) is 16.7 Å². The van der Waals surface area contributed by atoms with Crippen molar-refractivity contribution in [2.24, 2.45) is 0 Å². The number of nitrogen functional groups attached to an aromatic ring is 2. The van der Waals surface area contributed by atoms with Crippen molar-refractivity contribution in [2.75, 3.05) is 11.5 Å². The number of fused-ring (bicyclic) bond motifs is 1. The van der Waals surface area contributed by atoms with Gasteiger partial charge in [0.1, 0.15) is 35.2 Å². The van der Waals surface area contributed by atoms with E-state index in [-0.39, 0.29) is 5.82 Å². The number of anilines is 2. The summed E-state index contributed by atoms with van der Waals surface area (Å²) >= 11 is 5.88. The van der Waals surface area contributed by atoms with Crippen molar-refractivity contribution in [2.45, 2.75) is 6.54 Å². The SMILES string of the molecule is N#Cc1c(N)n(Cc2ccc(Cl)cc2)c2ncnc(N)c12. The van der Waals surface area contributed by atoms with Crippen LogP contribution in [0.2, 0.25) is 5.02 Å². The smallest absolute Gasteiger partial charge is 0.148 e. The molecule has 3 aromatic rings. The zero-order valence-electron chi connectivity index (χ0n) is 10.9. The molecule has 7 heteroatoms. The largest absolute Gasteiger partial charge is 0.384 e. The Kier molecular flexibility index (Phi) is 3.12. The molecule has 2 aromatic heterocycles. The third-order valence-corrected chi connectivity index (χ3v) is 3.53. The first-order valence-electron chi connectivity index (χ1n) is 6.14. The summed E-state index contributed by atoms with van der Waals surface area (Å²) in [7, 11) is 0. The maximum Gasteiger partial charge on any atom is 0.148 e. The summed E-state index contributed by atoms with van der Waals surface area (Å²) in [4.78, 5) is 8.12. The normalized spacial score (nSPS) is 10.7. The lowest BCUT2D eigenvalue weighted by Crippen LogP contribution is -2.05. The topological polar surface area (TPSA) is 107 Å². The number of hydrogen-bond acceptors (Lipinski definition) is 5. The molecule has 0 unspecified atom stereocenters. The van der Waals surface area contributed by atoms with Gasteiger partial charge in [-0.3, -0.25) is 0 Å². The highest BCUT2D eigenvalue weighted by Gasteiger charge is 2.18. The van der Waals surface area contributed by atoms with Crippen LogP contribution in [0, 0.1) is 11.3 Å². The van der Waals surface area contributed by atoms with Gasteiger partial charge in [-0.1, -0.05) is 23.7 Å². The third-order valence-electron chi connectivity index (χ3n) is 3.27. The van der Waals surface area contributed by atoms with E-state index < -0.39 is 0 Å². The monoisotopic (exact) mass is 298 g/mol. The van der Waals surface area contributed by atoms with Crippen LogP contribution in [-0.4, -0.2) is 14.5 Å². The standard InChI is InChI=1S/C14H11ClN6/c15-9-3-1-8(2-4-9)6-21-13(18)10(5-16)11-12(17)19-7-20-14(11)21/h1-4,7H,6,18H2,(H2,17,19,20). The lowest BCUT2D eigenvalue weighted by molar-refractivity contribution is 0.834. The van der Waals surface area contributed by atoms with E-state index in [4.69, 9.17) is 23.1 Å². The fourth-order valence-corrected chi connectivity index (χ4v) is 2.38. The van der Waals surface area contributed by atoms with E-state index in [9.17, 15) is 5.26 Å². The number of benzene rings is 1. The Morgan fingerprint density at radius 3 is 2.57 bits per heavy atom. The van der Waals surface area contributed by atoms with Crippen LogP contribution in [-0.2, 0) is 6.54 Å². The van der Waals surface area contributed by atoms with Crippen LogP contribution >= 0.6 is 11.6 Å². The van der Waals surface area contributed by atoms with Crippen LogP contribution in [0.3, 0.4) is 0 Å². The van der Waals surface area contributed by atoms with Crippen LogP contribution in [0.25, 0.3) is 11.0 Å². The summed E-state index contributed by atoms with van der Waals surface area (Å²) in [5, 5.41) is 10.4. The molecule has 1 aromatic carbocycles. The first-order chi connectivity index (χ1) is 10.1. The molecule has 0 atom stereocenters. The summed E-state index contributed by atoms with van der Waals surface area (Å²) in [5.74, 6) is 0.577. The summed E-state index contributed by atoms with van der Waals surface area (Å²) in [6, 6.07) is 9.45. The van der Waals surface area contributed by atoms with Gasteiger partial charge in [-0.2, -0.15) is 5.26 Å². The molecule has 0 fully saturated rings. The Bertz CT molecular complexity index is 860. The van der Waals surface area contributed by atoms with Crippen LogP contribution in [0.15, 0.2) is 30.6 Å². The Labute approximate surface area is 125 Å².